The van der Waals surface area contributed by atoms with E-state index in [4.69, 9.17) is 4.52 Å². The smallest absolute Gasteiger partial charge is 0.289 e. The number of nitrogens with zero attached hydrogens (tertiary/aromatic N) is 2. The summed E-state index contributed by atoms with van der Waals surface area (Å²) in [4.78, 5) is 14.5. The molecule has 0 saturated carbocycles. The fourth-order valence-electron chi connectivity index (χ4n) is 3.42. The molecule has 1 aliphatic heterocycles. The number of aryl methyl sites for hydroxylation is 1. The zero-order valence-corrected chi connectivity index (χ0v) is 15.3. The van der Waals surface area contributed by atoms with Crippen molar-refractivity contribution in [3.63, 3.8) is 0 Å². The summed E-state index contributed by atoms with van der Waals surface area (Å²) in [5, 5.41) is 6.86. The minimum Gasteiger partial charge on any atom is -0.351 e. The third-order valence-electron chi connectivity index (χ3n) is 4.96. The normalized spacial score (nSPS) is 18.0. The van der Waals surface area contributed by atoms with Gasteiger partial charge in [0.25, 0.3) is 5.91 Å². The number of aromatic nitrogens is 1. The molecule has 2 heterocycles. The third-order valence-corrected chi connectivity index (χ3v) is 4.96. The van der Waals surface area contributed by atoms with Crippen LogP contribution in [0, 0.1) is 6.92 Å². The van der Waals surface area contributed by atoms with E-state index in [0.717, 1.165) is 25.3 Å². The fraction of sp³-hybridized carbons (Fsp3) is 0.500. The molecule has 1 amide bonds. The maximum Gasteiger partial charge on any atom is 0.289 e. The predicted octanol–water partition coefficient (Wildman–Crippen LogP) is 3.33. The summed E-state index contributed by atoms with van der Waals surface area (Å²) < 4.78 is 5.12. The van der Waals surface area contributed by atoms with Crippen LogP contribution in [0.4, 0.5) is 0 Å². The first-order valence-corrected chi connectivity index (χ1v) is 9.07. The first kappa shape index (κ1) is 17.7. The van der Waals surface area contributed by atoms with Crippen molar-refractivity contribution in [1.29, 1.82) is 0 Å². The summed E-state index contributed by atoms with van der Waals surface area (Å²) in [5.41, 5.74) is 3.64. The van der Waals surface area contributed by atoms with E-state index in [2.05, 4.69) is 46.6 Å². The van der Waals surface area contributed by atoms with Crippen LogP contribution in [0.3, 0.4) is 0 Å². The average molecular weight is 341 g/mol. The van der Waals surface area contributed by atoms with Gasteiger partial charge in [-0.2, -0.15) is 0 Å². The van der Waals surface area contributed by atoms with Crippen molar-refractivity contribution in [1.82, 2.24) is 15.4 Å². The largest absolute Gasteiger partial charge is 0.351 e. The second kappa shape index (κ2) is 7.83. The van der Waals surface area contributed by atoms with Crippen molar-refractivity contribution < 1.29 is 9.32 Å². The van der Waals surface area contributed by atoms with Crippen LogP contribution in [-0.2, 0) is 0 Å². The highest BCUT2D eigenvalue weighted by Gasteiger charge is 2.24. The molecule has 1 saturated heterocycles. The Balaban J connectivity index is 1.45. The van der Waals surface area contributed by atoms with Crippen molar-refractivity contribution >= 4 is 5.91 Å². The van der Waals surface area contributed by atoms with Crippen LogP contribution in [0.1, 0.15) is 59.5 Å². The standard InChI is InChI=1S/C20H27N3O2/c1-14(2)18-12-19(25-22-18)20(24)21-9-11-23-10-8-16(13-23)17-7-5-4-6-15(17)3/h4-7,12,14,16H,8-11,13H2,1-3H3,(H,21,24)/t16-/m1/s1. The summed E-state index contributed by atoms with van der Waals surface area (Å²) in [6.07, 6.45) is 1.18. The molecular weight excluding hydrogens is 314 g/mol. The van der Waals surface area contributed by atoms with Crippen LogP contribution in [0.25, 0.3) is 0 Å². The molecule has 0 radical (unpaired) electrons. The minimum atomic E-state index is -0.186. The lowest BCUT2D eigenvalue weighted by Crippen LogP contribution is -2.33. The molecule has 25 heavy (non-hydrogen) atoms. The molecule has 134 valence electrons. The van der Waals surface area contributed by atoms with Gasteiger partial charge in [0.05, 0.1) is 5.69 Å². The molecule has 0 unspecified atom stereocenters. The summed E-state index contributed by atoms with van der Waals surface area (Å²) in [6.45, 7) is 9.85. The molecule has 1 aliphatic rings. The number of likely N-dealkylation sites (tertiary alicyclic amines) is 1. The Labute approximate surface area is 149 Å². The number of amides is 1. The van der Waals surface area contributed by atoms with Gasteiger partial charge in [0.2, 0.25) is 5.76 Å². The highest BCUT2D eigenvalue weighted by atomic mass is 16.5. The topological polar surface area (TPSA) is 58.4 Å². The molecule has 3 rings (SSSR count). The highest BCUT2D eigenvalue weighted by molar-refractivity contribution is 5.91. The lowest BCUT2D eigenvalue weighted by Gasteiger charge is -2.17. The molecule has 0 bridgehead atoms. The van der Waals surface area contributed by atoms with E-state index in [0.29, 0.717) is 18.2 Å². The fourth-order valence-corrected chi connectivity index (χ4v) is 3.42. The van der Waals surface area contributed by atoms with E-state index in [9.17, 15) is 4.79 Å². The Morgan fingerprint density at radius 2 is 2.20 bits per heavy atom. The highest BCUT2D eigenvalue weighted by Crippen LogP contribution is 2.28. The number of hydrogen-bond acceptors (Lipinski definition) is 4. The Kier molecular flexibility index (Phi) is 5.53. The first-order chi connectivity index (χ1) is 12.0. The van der Waals surface area contributed by atoms with E-state index in [-0.39, 0.29) is 11.8 Å². The van der Waals surface area contributed by atoms with Crippen LogP contribution >= 0.6 is 0 Å². The van der Waals surface area contributed by atoms with Gasteiger partial charge in [0.1, 0.15) is 0 Å². The molecule has 1 aromatic heterocycles. The van der Waals surface area contributed by atoms with Crippen LogP contribution < -0.4 is 5.32 Å². The first-order valence-electron chi connectivity index (χ1n) is 9.07. The van der Waals surface area contributed by atoms with E-state index in [1.807, 2.05) is 13.8 Å². The van der Waals surface area contributed by atoms with Crippen molar-refractivity contribution in [2.75, 3.05) is 26.2 Å². The molecule has 1 aromatic carbocycles. The minimum absolute atomic E-state index is 0.186. The van der Waals surface area contributed by atoms with Crippen molar-refractivity contribution in [3.05, 3.63) is 52.9 Å². The predicted molar refractivity (Wildman–Crippen MR) is 97.9 cm³/mol. The van der Waals surface area contributed by atoms with Gasteiger partial charge >= 0.3 is 0 Å². The van der Waals surface area contributed by atoms with Crippen LogP contribution in [0.5, 0.6) is 0 Å². The second-order valence-corrected chi connectivity index (χ2v) is 7.17. The number of carbonyl (C=O) groups excluding carboxylic acids is 1. The number of carbonyl (C=O) groups is 1. The van der Waals surface area contributed by atoms with Crippen LogP contribution in [0.2, 0.25) is 0 Å². The van der Waals surface area contributed by atoms with Gasteiger partial charge in [0, 0.05) is 25.7 Å². The number of hydrogen-bond donors (Lipinski definition) is 1. The second-order valence-electron chi connectivity index (χ2n) is 7.17. The monoisotopic (exact) mass is 341 g/mol. The summed E-state index contributed by atoms with van der Waals surface area (Å²) >= 11 is 0. The zero-order chi connectivity index (χ0) is 17.8. The molecule has 2 aromatic rings. The van der Waals surface area contributed by atoms with Gasteiger partial charge in [-0.1, -0.05) is 43.3 Å². The third kappa shape index (κ3) is 4.28. The van der Waals surface area contributed by atoms with Crippen LogP contribution in [-0.4, -0.2) is 42.1 Å². The van der Waals surface area contributed by atoms with E-state index in [1.54, 1.807) is 6.07 Å². The van der Waals surface area contributed by atoms with Gasteiger partial charge in [-0.25, -0.2) is 0 Å². The Morgan fingerprint density at radius 1 is 1.40 bits per heavy atom. The number of nitrogens with one attached hydrogen (secondary N) is 1. The van der Waals surface area contributed by atoms with E-state index < -0.39 is 0 Å². The molecule has 1 N–H and O–H groups in total. The SMILES string of the molecule is Cc1ccccc1[C@@H]1CCN(CCNC(=O)c2cc(C(C)C)no2)C1. The molecule has 1 fully saturated rings. The number of benzene rings is 1. The van der Waals surface area contributed by atoms with Crippen LogP contribution in [0.15, 0.2) is 34.9 Å². The van der Waals surface area contributed by atoms with Crippen molar-refractivity contribution in [2.24, 2.45) is 0 Å². The maximum absolute atomic E-state index is 12.1. The van der Waals surface area contributed by atoms with Gasteiger partial charge < -0.3 is 14.7 Å². The Bertz CT molecular complexity index is 723. The maximum atomic E-state index is 12.1. The molecule has 5 heteroatoms. The lowest BCUT2D eigenvalue weighted by molar-refractivity contribution is 0.0912. The lowest BCUT2D eigenvalue weighted by atomic mass is 9.94. The summed E-state index contributed by atoms with van der Waals surface area (Å²) in [7, 11) is 0. The molecule has 0 spiro atoms. The van der Waals surface area contributed by atoms with Gasteiger partial charge in [0.15, 0.2) is 0 Å². The van der Waals surface area contributed by atoms with Gasteiger partial charge in [-0.3, -0.25) is 4.79 Å². The number of rotatable bonds is 6. The average Bonchev–Trinajstić information content (AvgIpc) is 3.25. The Hall–Kier alpha value is -2.14. The molecular formula is C20H27N3O2. The van der Waals surface area contributed by atoms with Gasteiger partial charge in [-0.05, 0) is 42.9 Å². The molecule has 5 nitrogen and oxygen atoms in total. The zero-order valence-electron chi connectivity index (χ0n) is 15.3. The summed E-state index contributed by atoms with van der Waals surface area (Å²) in [5.74, 6) is 0.963. The van der Waals surface area contributed by atoms with E-state index in [1.165, 1.54) is 17.5 Å². The van der Waals surface area contributed by atoms with Gasteiger partial charge in [-0.15, -0.1) is 0 Å². The quantitative estimate of drug-likeness (QED) is 0.875. The van der Waals surface area contributed by atoms with Crippen molar-refractivity contribution in [3.8, 4) is 0 Å². The van der Waals surface area contributed by atoms with E-state index >= 15 is 0 Å². The summed E-state index contributed by atoms with van der Waals surface area (Å²) in [6, 6.07) is 10.4. The molecule has 0 aliphatic carbocycles. The Morgan fingerprint density at radius 3 is 2.92 bits per heavy atom. The van der Waals surface area contributed by atoms with Crippen molar-refractivity contribution in [2.45, 2.75) is 39.0 Å². The molecule has 1 atom stereocenters.